The van der Waals surface area contributed by atoms with Gasteiger partial charge in [-0.05, 0) is 55.0 Å². The van der Waals surface area contributed by atoms with Gasteiger partial charge in [-0.2, -0.15) is 0 Å². The number of hydrogen-bond acceptors (Lipinski definition) is 3. The molecule has 3 heteroatoms. The molecule has 0 aliphatic heterocycles. The summed E-state index contributed by atoms with van der Waals surface area (Å²) in [5.74, 6) is 0.836. The first-order valence-electron chi connectivity index (χ1n) is 9.15. The maximum absolute atomic E-state index is 5.80. The van der Waals surface area contributed by atoms with E-state index in [0.29, 0.717) is 13.2 Å². The van der Waals surface area contributed by atoms with Crippen molar-refractivity contribution in [3.63, 3.8) is 0 Å². The fourth-order valence-electron chi connectivity index (χ4n) is 2.42. The molecule has 0 aromatic heterocycles. The second-order valence-corrected chi connectivity index (χ2v) is 6.23. The summed E-state index contributed by atoms with van der Waals surface area (Å²) in [4.78, 5) is 0. The van der Waals surface area contributed by atoms with E-state index < -0.39 is 0 Å². The molecule has 0 saturated heterocycles. The monoisotopic (exact) mass is 351 g/mol. The van der Waals surface area contributed by atoms with Crippen LogP contribution in [0.4, 0.5) is 0 Å². The Hall–Kier alpha value is -2.52. The number of nitrogens with two attached hydrogens (primary N) is 1. The molecule has 0 heterocycles. The lowest BCUT2D eigenvalue weighted by Crippen LogP contribution is -2.29. The van der Waals surface area contributed by atoms with Crippen molar-refractivity contribution < 1.29 is 9.47 Å². The highest BCUT2D eigenvalue weighted by molar-refractivity contribution is 5.63. The van der Waals surface area contributed by atoms with Crippen molar-refractivity contribution in [2.45, 2.75) is 32.3 Å². The van der Waals surface area contributed by atoms with Gasteiger partial charge in [0.05, 0.1) is 6.26 Å². The molecule has 3 nitrogen and oxygen atoms in total. The number of hydrogen-bond donors (Lipinski definition) is 1. The molecule has 1 atom stereocenters. The van der Waals surface area contributed by atoms with Crippen molar-refractivity contribution in [3.8, 4) is 16.9 Å². The fraction of sp³-hybridized carbons (Fsp3) is 0.304. The first-order valence-corrected chi connectivity index (χ1v) is 9.15. The van der Waals surface area contributed by atoms with Gasteiger partial charge in [0.25, 0.3) is 0 Å². The Balaban J connectivity index is 0.000000758. The molecule has 1 aliphatic carbocycles. The van der Waals surface area contributed by atoms with Gasteiger partial charge in [-0.15, -0.1) is 6.58 Å². The molecular formula is C23H29NO2. The minimum absolute atomic E-state index is 0.100. The Morgan fingerprint density at radius 3 is 2.19 bits per heavy atom. The van der Waals surface area contributed by atoms with Crippen LogP contribution in [0.1, 0.15) is 26.2 Å². The number of ether oxygens (including phenoxy) is 2. The van der Waals surface area contributed by atoms with Gasteiger partial charge >= 0.3 is 0 Å². The van der Waals surface area contributed by atoms with Crippen LogP contribution in [0.3, 0.4) is 0 Å². The van der Waals surface area contributed by atoms with Crippen molar-refractivity contribution in [1.29, 1.82) is 0 Å². The second-order valence-electron chi connectivity index (χ2n) is 6.23. The van der Waals surface area contributed by atoms with Crippen LogP contribution in [0, 0.1) is 0 Å². The Labute approximate surface area is 157 Å². The molecule has 2 aromatic rings. The third kappa shape index (κ3) is 6.41. The lowest BCUT2D eigenvalue weighted by Gasteiger charge is -2.20. The Kier molecular flexibility index (Phi) is 8.50. The van der Waals surface area contributed by atoms with E-state index in [2.05, 4.69) is 30.8 Å². The van der Waals surface area contributed by atoms with E-state index in [-0.39, 0.29) is 6.10 Å². The van der Waals surface area contributed by atoms with Gasteiger partial charge in [0.15, 0.2) is 0 Å². The zero-order valence-corrected chi connectivity index (χ0v) is 15.6. The Bertz CT molecular complexity index is 671. The van der Waals surface area contributed by atoms with E-state index in [1.165, 1.54) is 23.1 Å². The van der Waals surface area contributed by atoms with Crippen molar-refractivity contribution in [2.24, 2.45) is 5.73 Å². The Morgan fingerprint density at radius 2 is 1.65 bits per heavy atom. The number of benzene rings is 2. The van der Waals surface area contributed by atoms with Crippen LogP contribution in [0.25, 0.3) is 11.1 Å². The predicted octanol–water partition coefficient (Wildman–Crippen LogP) is 5.34. The molecule has 0 bridgehead atoms. The molecule has 138 valence electrons. The molecule has 26 heavy (non-hydrogen) atoms. The Morgan fingerprint density at radius 1 is 1.04 bits per heavy atom. The van der Waals surface area contributed by atoms with Crippen molar-refractivity contribution >= 4 is 0 Å². The zero-order chi connectivity index (χ0) is 18.6. The van der Waals surface area contributed by atoms with E-state index >= 15 is 0 Å². The summed E-state index contributed by atoms with van der Waals surface area (Å²) in [6.07, 6.45) is 7.09. The van der Waals surface area contributed by atoms with Crippen LogP contribution >= 0.6 is 0 Å². The van der Waals surface area contributed by atoms with E-state index in [1.54, 1.807) is 6.08 Å². The largest absolute Gasteiger partial charge is 0.493 e. The summed E-state index contributed by atoms with van der Waals surface area (Å²) in [5.41, 5.74) is 9.50. The summed E-state index contributed by atoms with van der Waals surface area (Å²) in [7, 11) is 0. The average Bonchev–Trinajstić information content (AvgIpc) is 2.65. The maximum atomic E-state index is 5.80. The normalized spacial score (nSPS) is 13.5. The van der Waals surface area contributed by atoms with Gasteiger partial charge in [0.2, 0.25) is 0 Å². The third-order valence-electron chi connectivity index (χ3n) is 4.08. The lowest BCUT2D eigenvalue weighted by molar-refractivity contribution is 0.0918. The lowest BCUT2D eigenvalue weighted by atomic mass is 9.94. The standard InChI is InChI=1S/C20H23NO2.C3H6/c21-13-20(22-14-16-5-4-6-16)15-23-19-11-9-18(10-12-19)17-7-2-1-3-8-17;1-3-2/h1-3,7-12,14,20H,4-6,13,15,21H2;3H,1H2,2H3. The topological polar surface area (TPSA) is 44.5 Å². The van der Waals surface area contributed by atoms with Crippen molar-refractivity contribution in [2.75, 3.05) is 13.2 Å². The first kappa shape index (κ1) is 19.8. The van der Waals surface area contributed by atoms with Crippen molar-refractivity contribution in [1.82, 2.24) is 0 Å². The molecule has 0 spiro atoms. The zero-order valence-electron chi connectivity index (χ0n) is 15.6. The van der Waals surface area contributed by atoms with Gasteiger partial charge in [-0.25, -0.2) is 0 Å². The van der Waals surface area contributed by atoms with Crippen LogP contribution in [0.15, 0.2) is 79.1 Å². The highest BCUT2D eigenvalue weighted by Crippen LogP contribution is 2.25. The van der Waals surface area contributed by atoms with Crippen LogP contribution < -0.4 is 10.5 Å². The summed E-state index contributed by atoms with van der Waals surface area (Å²) in [6, 6.07) is 18.4. The van der Waals surface area contributed by atoms with E-state index in [1.807, 2.05) is 43.5 Å². The highest BCUT2D eigenvalue weighted by Gasteiger charge is 2.11. The summed E-state index contributed by atoms with van der Waals surface area (Å²) in [6.45, 7) is 6.16. The third-order valence-corrected chi connectivity index (χ3v) is 4.08. The van der Waals surface area contributed by atoms with Crippen LogP contribution in [0.5, 0.6) is 5.75 Å². The van der Waals surface area contributed by atoms with Gasteiger partial charge in [0.1, 0.15) is 18.5 Å². The number of rotatable bonds is 7. The van der Waals surface area contributed by atoms with Crippen molar-refractivity contribution in [3.05, 3.63) is 79.1 Å². The average molecular weight is 351 g/mol. The number of allylic oxidation sites excluding steroid dienone is 2. The molecule has 1 unspecified atom stereocenters. The smallest absolute Gasteiger partial charge is 0.144 e. The van der Waals surface area contributed by atoms with E-state index in [9.17, 15) is 0 Å². The quantitative estimate of drug-likeness (QED) is 0.541. The van der Waals surface area contributed by atoms with Gasteiger partial charge in [-0.1, -0.05) is 48.5 Å². The molecule has 0 amide bonds. The molecule has 2 N–H and O–H groups in total. The van der Waals surface area contributed by atoms with Gasteiger partial charge in [0, 0.05) is 6.54 Å². The van der Waals surface area contributed by atoms with Crippen LogP contribution in [-0.4, -0.2) is 19.3 Å². The molecule has 1 fully saturated rings. The highest BCUT2D eigenvalue weighted by atomic mass is 16.5. The minimum atomic E-state index is -0.100. The predicted molar refractivity (Wildman–Crippen MR) is 109 cm³/mol. The van der Waals surface area contributed by atoms with Crippen LogP contribution in [-0.2, 0) is 4.74 Å². The second kappa shape index (κ2) is 11.2. The molecular weight excluding hydrogens is 322 g/mol. The van der Waals surface area contributed by atoms with Crippen LogP contribution in [0.2, 0.25) is 0 Å². The van der Waals surface area contributed by atoms with E-state index in [4.69, 9.17) is 15.2 Å². The molecule has 0 radical (unpaired) electrons. The van der Waals surface area contributed by atoms with Gasteiger partial charge in [-0.3, -0.25) is 0 Å². The fourth-order valence-corrected chi connectivity index (χ4v) is 2.42. The molecule has 3 rings (SSSR count). The molecule has 1 aliphatic rings. The summed E-state index contributed by atoms with van der Waals surface area (Å²) < 4.78 is 11.5. The summed E-state index contributed by atoms with van der Waals surface area (Å²) in [5, 5.41) is 0. The SMILES string of the molecule is C=CC.NCC(COc1ccc(-c2ccccc2)cc1)OC=C1CCC1. The summed E-state index contributed by atoms with van der Waals surface area (Å²) >= 11 is 0. The van der Waals surface area contributed by atoms with E-state index in [0.717, 1.165) is 18.6 Å². The maximum Gasteiger partial charge on any atom is 0.144 e. The molecule has 2 aromatic carbocycles. The minimum Gasteiger partial charge on any atom is -0.493 e. The first-order chi connectivity index (χ1) is 12.8. The molecule has 1 saturated carbocycles. The van der Waals surface area contributed by atoms with Gasteiger partial charge < -0.3 is 15.2 Å².